The number of aromatic hydroxyl groups is 2. The maximum atomic E-state index is 13.3. The number of para-hydroxylation sites is 1. The first-order valence-electron chi connectivity index (χ1n) is 29.2. The van der Waals surface area contributed by atoms with E-state index in [0.29, 0.717) is 116 Å². The summed E-state index contributed by atoms with van der Waals surface area (Å²) in [5, 5.41) is 51.0. The summed E-state index contributed by atoms with van der Waals surface area (Å²) in [4.78, 5) is 22.8. The first kappa shape index (κ1) is 56.4. The molecular formula is C63H71F3N14O4. The highest BCUT2D eigenvalue weighted by molar-refractivity contribution is 5.76. The Morgan fingerprint density at radius 2 is 1.18 bits per heavy atom. The molecule has 21 heteroatoms. The number of hydrogen-bond donors (Lipinski definition) is 5. The molecular weight excluding hydrogens is 1070 g/mol. The summed E-state index contributed by atoms with van der Waals surface area (Å²) in [5.74, 6) is 12.9. The van der Waals surface area contributed by atoms with Crippen molar-refractivity contribution in [2.75, 3.05) is 96.5 Å². The zero-order valence-corrected chi connectivity index (χ0v) is 47.3. The molecule has 6 aromatic rings. The molecule has 6 saturated heterocycles. The van der Waals surface area contributed by atoms with Crippen LogP contribution in [0.2, 0.25) is 0 Å². The van der Waals surface area contributed by atoms with Gasteiger partial charge >= 0.3 is 6.18 Å². The minimum atomic E-state index is -4.15. The molecule has 7 N–H and O–H groups in total. The summed E-state index contributed by atoms with van der Waals surface area (Å²) in [6, 6.07) is 24.9. The molecule has 4 aromatic heterocycles. The lowest BCUT2D eigenvalue weighted by atomic mass is 9.86. The maximum absolute atomic E-state index is 13.3. The molecule has 0 aliphatic carbocycles. The number of likely N-dealkylation sites (tertiary alicyclic amines) is 2. The summed E-state index contributed by atoms with van der Waals surface area (Å²) in [7, 11) is 0. The van der Waals surface area contributed by atoms with Crippen molar-refractivity contribution >= 4 is 34.4 Å². The van der Waals surface area contributed by atoms with Gasteiger partial charge in [0.05, 0.1) is 47.9 Å². The molecule has 10 heterocycles. The number of phenols is 2. The average molecular weight is 1150 g/mol. The Morgan fingerprint density at radius 3 is 1.73 bits per heavy atom. The van der Waals surface area contributed by atoms with Crippen LogP contribution < -0.4 is 35.8 Å². The van der Waals surface area contributed by atoms with Gasteiger partial charge in [0, 0.05) is 104 Å². The molecule has 7 unspecified atom stereocenters. The molecule has 0 amide bonds. The van der Waals surface area contributed by atoms with E-state index in [4.69, 9.17) is 16.2 Å². The quantitative estimate of drug-likeness (QED) is 0.0835. The second kappa shape index (κ2) is 23.5. The van der Waals surface area contributed by atoms with Crippen LogP contribution in [0.3, 0.4) is 0 Å². The van der Waals surface area contributed by atoms with Crippen LogP contribution in [-0.4, -0.2) is 163 Å². The van der Waals surface area contributed by atoms with Crippen LogP contribution in [0, 0.1) is 35.0 Å². The molecule has 0 spiro atoms. The number of hydrogen-bond acceptors (Lipinski definition) is 18. The molecule has 438 valence electrons. The lowest BCUT2D eigenvalue weighted by molar-refractivity contribution is -0.177. The number of rotatable bonds is 10. The van der Waals surface area contributed by atoms with Crippen LogP contribution in [0.5, 0.6) is 17.2 Å². The van der Waals surface area contributed by atoms with Crippen molar-refractivity contribution in [2.45, 2.75) is 108 Å². The number of aliphatic hydroxyl groups excluding tert-OH is 1. The van der Waals surface area contributed by atoms with Gasteiger partial charge in [-0.1, -0.05) is 37.8 Å². The molecule has 2 aromatic carbocycles. The predicted octanol–water partition coefficient (Wildman–Crippen LogP) is 7.59. The standard InChI is InChI=1S/C63H71F3N14O4/c1-62(2)33-58(83)59(38-76(39-62)26-7-10-42-29-44(20-23-70-42)80-45-13-14-46(80)35-77(34-45)54-31-52(71-73-60(54)67)50-11-3-4-12-56(50)81)84-49-17-18-51(57(82)30-49)53-32-55(61(68)74-72-53)78-36-47-15-16-48(37-78)79(47)43-19-22-69-41(28-43)9-6-25-75-24-5-8-40(21-27-75)63(64,65)66/h3-4,11-12,17-20,22-23,28-32,40,45-48,58-59,81-83H,5,8,13-16,21,24-27,33-39H2,1-2H3,(H2,67,73)(H2,68,74). The lowest BCUT2D eigenvalue weighted by Gasteiger charge is -2.43. The fourth-order valence-corrected chi connectivity index (χ4v) is 13.7. The molecule has 84 heavy (non-hydrogen) atoms. The van der Waals surface area contributed by atoms with Crippen molar-refractivity contribution in [3.63, 3.8) is 0 Å². The van der Waals surface area contributed by atoms with E-state index in [-0.39, 0.29) is 53.9 Å². The van der Waals surface area contributed by atoms with Crippen LogP contribution in [-0.2, 0) is 0 Å². The number of alkyl halides is 3. The number of piperazine rings is 2. The van der Waals surface area contributed by atoms with E-state index in [0.717, 1.165) is 61.5 Å². The summed E-state index contributed by atoms with van der Waals surface area (Å²) < 4.78 is 46.5. The first-order valence-corrected chi connectivity index (χ1v) is 29.2. The largest absolute Gasteiger partial charge is 0.507 e. The van der Waals surface area contributed by atoms with E-state index in [9.17, 15) is 28.5 Å². The third-order valence-corrected chi connectivity index (χ3v) is 17.6. The van der Waals surface area contributed by atoms with Crippen molar-refractivity contribution in [1.82, 2.24) is 40.2 Å². The fourth-order valence-electron chi connectivity index (χ4n) is 13.7. The second-order valence-corrected chi connectivity index (χ2v) is 24.2. The topological polar surface area (TPSA) is 219 Å². The zero-order valence-electron chi connectivity index (χ0n) is 47.3. The molecule has 7 atom stereocenters. The van der Waals surface area contributed by atoms with Gasteiger partial charge in [0.1, 0.15) is 34.7 Å². The summed E-state index contributed by atoms with van der Waals surface area (Å²) in [6.07, 6.45) is 3.33. The predicted molar refractivity (Wildman–Crippen MR) is 317 cm³/mol. The highest BCUT2D eigenvalue weighted by atomic mass is 19.4. The molecule has 6 aliphatic heterocycles. The van der Waals surface area contributed by atoms with Gasteiger partial charge in [0.2, 0.25) is 0 Å². The average Bonchev–Trinajstić information content (AvgIpc) is 3.83. The van der Waals surface area contributed by atoms with Crippen LogP contribution in [0.15, 0.2) is 91.3 Å². The molecule has 4 bridgehead atoms. The monoisotopic (exact) mass is 1140 g/mol. The highest BCUT2D eigenvalue weighted by Gasteiger charge is 2.44. The number of aliphatic hydroxyl groups is 1. The maximum Gasteiger partial charge on any atom is 0.391 e. The number of aromatic nitrogens is 6. The molecule has 6 fully saturated rings. The van der Waals surface area contributed by atoms with Gasteiger partial charge in [-0.3, -0.25) is 9.80 Å². The number of halogens is 3. The van der Waals surface area contributed by atoms with Gasteiger partial charge < -0.3 is 51.1 Å². The number of ether oxygens (including phenoxy) is 1. The Morgan fingerprint density at radius 1 is 0.631 bits per heavy atom. The Kier molecular flexibility index (Phi) is 15.8. The van der Waals surface area contributed by atoms with Gasteiger partial charge in [-0.15, -0.1) is 20.4 Å². The highest BCUT2D eigenvalue weighted by Crippen LogP contribution is 2.43. The number of anilines is 6. The Balaban J connectivity index is 0.669. The molecule has 12 rings (SSSR count). The molecule has 6 aliphatic rings. The van der Waals surface area contributed by atoms with Crippen molar-refractivity contribution in [3.8, 4) is 63.4 Å². The normalized spacial score (nSPS) is 24.4. The Hall–Kier alpha value is -8.11. The first-order chi connectivity index (χ1) is 40.5. The third-order valence-electron chi connectivity index (χ3n) is 17.6. The van der Waals surface area contributed by atoms with Gasteiger partial charge in [-0.25, -0.2) is 9.97 Å². The Bertz CT molecular complexity index is 3480. The Labute approximate surface area is 487 Å². The zero-order chi connectivity index (χ0) is 58.3. The van der Waals surface area contributed by atoms with Crippen molar-refractivity contribution in [3.05, 3.63) is 103 Å². The van der Waals surface area contributed by atoms with Crippen molar-refractivity contribution in [2.24, 2.45) is 11.3 Å². The number of pyridine rings is 2. The van der Waals surface area contributed by atoms with E-state index in [2.05, 4.69) is 105 Å². The molecule has 0 saturated carbocycles. The molecule has 18 nitrogen and oxygen atoms in total. The SMILES string of the molecule is CC1(C)CC(O)C(Oc2ccc(-c3cc(N4CC5CCC(C4)N5c4ccnc(C#CCN5CCCC(C(F)(F)F)CC5)c4)c(N)nn3)c(O)c2)CN(CC#Cc2cc(N3C4CCC3CN(c3cc(-c5ccccc5O)nnc3N)C4)ccn2)C1. The number of nitrogens with two attached hydrogens (primary N) is 2. The summed E-state index contributed by atoms with van der Waals surface area (Å²) in [6.45, 7) is 10.0. The van der Waals surface area contributed by atoms with Gasteiger partial charge in [0.15, 0.2) is 11.6 Å². The van der Waals surface area contributed by atoms with Gasteiger partial charge in [-0.2, -0.15) is 13.2 Å². The van der Waals surface area contributed by atoms with Crippen LogP contribution in [0.4, 0.5) is 47.6 Å². The lowest BCUT2D eigenvalue weighted by Crippen LogP contribution is -2.54. The van der Waals surface area contributed by atoms with Crippen LogP contribution in [0.1, 0.15) is 76.6 Å². The van der Waals surface area contributed by atoms with Crippen LogP contribution >= 0.6 is 0 Å². The number of phenolic OH excluding ortho intramolecular Hbond substituents is 2. The number of benzene rings is 2. The number of nitrogen functional groups attached to an aromatic ring is 2. The molecule has 0 radical (unpaired) electrons. The minimum Gasteiger partial charge on any atom is -0.507 e. The number of fused-ring (bicyclic) bond motifs is 4. The third kappa shape index (κ3) is 12.3. The van der Waals surface area contributed by atoms with E-state index in [1.54, 1.807) is 36.5 Å². The van der Waals surface area contributed by atoms with E-state index in [1.165, 1.54) is 0 Å². The van der Waals surface area contributed by atoms with E-state index >= 15 is 0 Å². The van der Waals surface area contributed by atoms with Crippen molar-refractivity contribution < 1.29 is 33.2 Å². The van der Waals surface area contributed by atoms with E-state index < -0.39 is 24.3 Å². The van der Waals surface area contributed by atoms with Gasteiger partial charge in [-0.05, 0) is 142 Å². The minimum absolute atomic E-state index is 0.0497. The van der Waals surface area contributed by atoms with Crippen LogP contribution in [0.25, 0.3) is 22.5 Å². The second-order valence-electron chi connectivity index (χ2n) is 24.2. The summed E-state index contributed by atoms with van der Waals surface area (Å²) in [5.41, 5.74) is 19.8. The van der Waals surface area contributed by atoms with Crippen molar-refractivity contribution in [1.29, 1.82) is 0 Å². The van der Waals surface area contributed by atoms with Gasteiger partial charge in [0.25, 0.3) is 0 Å². The number of nitrogens with zero attached hydrogens (tertiary/aromatic N) is 12. The fraction of sp³-hybridized carbons (Fsp3) is 0.460. The van der Waals surface area contributed by atoms with E-state index in [1.807, 2.05) is 47.5 Å². The smallest absolute Gasteiger partial charge is 0.391 e. The summed E-state index contributed by atoms with van der Waals surface area (Å²) >= 11 is 0.